The van der Waals surface area contributed by atoms with Gasteiger partial charge in [0.1, 0.15) is 0 Å². The second kappa shape index (κ2) is 7.49. The molecule has 3 aromatic carbocycles. The van der Waals surface area contributed by atoms with Gasteiger partial charge in [-0.1, -0.05) is 55.5 Å². The highest BCUT2D eigenvalue weighted by Gasteiger charge is 2.28. The van der Waals surface area contributed by atoms with Crippen molar-refractivity contribution in [2.45, 2.75) is 27.5 Å². The molecule has 0 aromatic heterocycles. The monoisotopic (exact) mass is 321 g/mol. The third-order valence-electron chi connectivity index (χ3n) is 3.92. The highest BCUT2D eigenvalue weighted by molar-refractivity contribution is 7.97. The standard InChI is InChI=1S/C21H21OS/c1-17(16-22)18-12-14-21(15-13-18)23(19-8-4-2-5-9-19)20-10-6-3-7-11-20/h2-15,17,22H,16H2,1H3/q+1. The van der Waals surface area contributed by atoms with E-state index in [9.17, 15) is 5.11 Å². The molecule has 0 amide bonds. The lowest BCUT2D eigenvalue weighted by Crippen LogP contribution is -2.05. The summed E-state index contributed by atoms with van der Waals surface area (Å²) in [5.74, 6) is 0.180. The number of benzene rings is 3. The first kappa shape index (κ1) is 15.9. The number of aliphatic hydroxyl groups is 1. The second-order valence-electron chi connectivity index (χ2n) is 5.58. The molecular weight excluding hydrogens is 300 g/mol. The zero-order valence-electron chi connectivity index (χ0n) is 13.2. The zero-order chi connectivity index (χ0) is 16.1. The van der Waals surface area contributed by atoms with Crippen LogP contribution in [-0.2, 0) is 10.9 Å². The molecule has 0 bridgehead atoms. The molecule has 23 heavy (non-hydrogen) atoms. The van der Waals surface area contributed by atoms with E-state index in [0.29, 0.717) is 0 Å². The molecule has 0 fully saturated rings. The smallest absolute Gasteiger partial charge is 0.166 e. The third-order valence-corrected chi connectivity index (χ3v) is 6.15. The predicted molar refractivity (Wildman–Crippen MR) is 97.0 cm³/mol. The fourth-order valence-corrected chi connectivity index (χ4v) is 4.64. The molecule has 1 nitrogen and oxygen atoms in total. The van der Waals surface area contributed by atoms with Crippen molar-refractivity contribution in [2.75, 3.05) is 6.61 Å². The first-order valence-electron chi connectivity index (χ1n) is 7.85. The fraction of sp³-hybridized carbons (Fsp3) is 0.143. The Balaban J connectivity index is 2.02. The highest BCUT2D eigenvalue weighted by Crippen LogP contribution is 2.31. The molecule has 0 saturated heterocycles. The summed E-state index contributed by atoms with van der Waals surface area (Å²) < 4.78 is 0. The van der Waals surface area contributed by atoms with Crippen LogP contribution in [0.3, 0.4) is 0 Å². The topological polar surface area (TPSA) is 20.2 Å². The van der Waals surface area contributed by atoms with Gasteiger partial charge in [0, 0.05) is 12.5 Å². The van der Waals surface area contributed by atoms with Crippen LogP contribution in [0.2, 0.25) is 0 Å². The predicted octanol–water partition coefficient (Wildman–Crippen LogP) is 4.88. The number of hydrogen-bond acceptors (Lipinski definition) is 1. The van der Waals surface area contributed by atoms with E-state index in [1.807, 2.05) is 6.92 Å². The van der Waals surface area contributed by atoms with Gasteiger partial charge >= 0.3 is 0 Å². The Labute approximate surface area is 141 Å². The van der Waals surface area contributed by atoms with E-state index in [-0.39, 0.29) is 23.4 Å². The van der Waals surface area contributed by atoms with Crippen LogP contribution in [0.4, 0.5) is 0 Å². The maximum absolute atomic E-state index is 9.32. The van der Waals surface area contributed by atoms with Crippen molar-refractivity contribution in [1.82, 2.24) is 0 Å². The molecular formula is C21H21OS+. The quantitative estimate of drug-likeness (QED) is 0.664. The van der Waals surface area contributed by atoms with Crippen LogP contribution in [0.25, 0.3) is 0 Å². The fourth-order valence-electron chi connectivity index (χ4n) is 2.56. The van der Waals surface area contributed by atoms with Gasteiger partial charge in [0.15, 0.2) is 14.7 Å². The lowest BCUT2D eigenvalue weighted by Gasteiger charge is -2.11. The molecule has 0 heterocycles. The molecule has 0 aliphatic carbocycles. The molecule has 1 N–H and O–H groups in total. The van der Waals surface area contributed by atoms with Gasteiger partial charge in [-0.05, 0) is 42.0 Å². The van der Waals surface area contributed by atoms with Gasteiger partial charge in [0.05, 0.1) is 10.9 Å². The van der Waals surface area contributed by atoms with E-state index in [1.165, 1.54) is 20.2 Å². The Bertz CT molecular complexity index is 683. The van der Waals surface area contributed by atoms with Gasteiger partial charge in [-0.2, -0.15) is 0 Å². The molecule has 2 heteroatoms. The van der Waals surface area contributed by atoms with Crippen LogP contribution in [0.15, 0.2) is 99.6 Å². The van der Waals surface area contributed by atoms with Crippen LogP contribution in [0, 0.1) is 0 Å². The Morgan fingerprint density at radius 1 is 0.696 bits per heavy atom. The van der Waals surface area contributed by atoms with Gasteiger partial charge in [0.25, 0.3) is 0 Å². The molecule has 0 aliphatic rings. The highest BCUT2D eigenvalue weighted by atomic mass is 32.2. The van der Waals surface area contributed by atoms with Gasteiger partial charge < -0.3 is 5.11 Å². The van der Waals surface area contributed by atoms with Gasteiger partial charge in [0.2, 0.25) is 0 Å². The summed E-state index contributed by atoms with van der Waals surface area (Å²) in [6.07, 6.45) is 0. The Hall–Kier alpha value is -2.03. The molecule has 1 atom stereocenters. The maximum atomic E-state index is 9.32. The van der Waals surface area contributed by atoms with Gasteiger partial charge in [-0.25, -0.2) is 0 Å². The summed E-state index contributed by atoms with van der Waals surface area (Å²) in [4.78, 5) is 3.94. The third kappa shape index (κ3) is 3.66. The van der Waals surface area contributed by atoms with Gasteiger partial charge in [-0.15, -0.1) is 0 Å². The second-order valence-corrected chi connectivity index (χ2v) is 7.61. The lowest BCUT2D eigenvalue weighted by atomic mass is 10.0. The van der Waals surface area contributed by atoms with Gasteiger partial charge in [-0.3, -0.25) is 0 Å². The molecule has 3 rings (SSSR count). The van der Waals surface area contributed by atoms with Crippen molar-refractivity contribution >= 4 is 10.9 Å². The van der Waals surface area contributed by atoms with E-state index in [2.05, 4.69) is 84.9 Å². The van der Waals surface area contributed by atoms with E-state index >= 15 is 0 Å². The molecule has 0 aliphatic heterocycles. The Morgan fingerprint density at radius 3 is 1.57 bits per heavy atom. The van der Waals surface area contributed by atoms with Crippen molar-refractivity contribution < 1.29 is 5.11 Å². The summed E-state index contributed by atoms with van der Waals surface area (Å²) in [7, 11) is -0.101. The molecule has 1 unspecified atom stereocenters. The first-order chi connectivity index (χ1) is 11.3. The normalized spacial score (nSPS) is 12.3. The van der Waals surface area contributed by atoms with E-state index < -0.39 is 0 Å². The van der Waals surface area contributed by atoms with Crippen LogP contribution in [0.5, 0.6) is 0 Å². The van der Waals surface area contributed by atoms with Crippen molar-refractivity contribution in [1.29, 1.82) is 0 Å². The number of aliphatic hydroxyl groups excluding tert-OH is 1. The summed E-state index contributed by atoms with van der Waals surface area (Å²) in [5, 5.41) is 9.32. The lowest BCUT2D eigenvalue weighted by molar-refractivity contribution is 0.273. The molecule has 3 aromatic rings. The van der Waals surface area contributed by atoms with E-state index in [1.54, 1.807) is 0 Å². The zero-order valence-corrected chi connectivity index (χ0v) is 14.0. The molecule has 0 spiro atoms. The maximum Gasteiger partial charge on any atom is 0.166 e. The SMILES string of the molecule is CC(CO)c1ccc([S+](c2ccccc2)c2ccccc2)cc1. The average Bonchev–Trinajstić information content (AvgIpc) is 2.64. The molecule has 0 radical (unpaired) electrons. The summed E-state index contributed by atoms with van der Waals surface area (Å²) in [6, 6.07) is 30.0. The largest absolute Gasteiger partial charge is 0.396 e. The van der Waals surface area contributed by atoms with Crippen LogP contribution < -0.4 is 0 Å². The van der Waals surface area contributed by atoms with Crippen molar-refractivity contribution in [3.8, 4) is 0 Å². The van der Waals surface area contributed by atoms with Crippen LogP contribution in [0.1, 0.15) is 18.4 Å². The summed E-state index contributed by atoms with van der Waals surface area (Å²) in [6.45, 7) is 2.23. The number of hydrogen-bond donors (Lipinski definition) is 1. The average molecular weight is 321 g/mol. The Morgan fingerprint density at radius 2 is 1.13 bits per heavy atom. The van der Waals surface area contributed by atoms with Crippen molar-refractivity contribution in [3.05, 3.63) is 90.5 Å². The van der Waals surface area contributed by atoms with Crippen molar-refractivity contribution in [2.24, 2.45) is 0 Å². The van der Waals surface area contributed by atoms with E-state index in [0.717, 1.165) is 0 Å². The number of rotatable bonds is 5. The van der Waals surface area contributed by atoms with Crippen LogP contribution >= 0.6 is 0 Å². The minimum absolute atomic E-state index is 0.101. The molecule has 0 saturated carbocycles. The molecule has 116 valence electrons. The minimum Gasteiger partial charge on any atom is -0.396 e. The Kier molecular flexibility index (Phi) is 5.16. The summed E-state index contributed by atoms with van der Waals surface area (Å²) >= 11 is 0. The first-order valence-corrected chi connectivity index (χ1v) is 9.07. The minimum atomic E-state index is -0.101. The summed E-state index contributed by atoms with van der Waals surface area (Å²) in [5.41, 5.74) is 1.18. The van der Waals surface area contributed by atoms with E-state index in [4.69, 9.17) is 0 Å². The van der Waals surface area contributed by atoms with Crippen LogP contribution in [-0.4, -0.2) is 11.7 Å². The van der Waals surface area contributed by atoms with Crippen molar-refractivity contribution in [3.63, 3.8) is 0 Å².